The molecule has 0 bridgehead atoms. The van der Waals surface area contributed by atoms with Crippen molar-refractivity contribution in [3.63, 3.8) is 0 Å². The summed E-state index contributed by atoms with van der Waals surface area (Å²) < 4.78 is 1.95. The molecule has 0 aliphatic rings. The minimum Gasteiger partial charge on any atom is -0.478 e. The highest BCUT2D eigenvalue weighted by molar-refractivity contribution is 7.26. The van der Waals surface area contributed by atoms with Crippen molar-refractivity contribution < 1.29 is 9.90 Å². The zero-order chi connectivity index (χ0) is 7.84. The Morgan fingerprint density at radius 2 is 2.27 bits per heavy atom. The topological polar surface area (TPSA) is 37.3 Å². The molecular formula is C7H4O2S2. The zero-order valence-electron chi connectivity index (χ0n) is 5.40. The third-order valence-electron chi connectivity index (χ3n) is 1.41. The fourth-order valence-electron chi connectivity index (χ4n) is 0.910. The van der Waals surface area contributed by atoms with Crippen LogP contribution in [0.25, 0.3) is 9.40 Å². The molecule has 0 aliphatic heterocycles. The van der Waals surface area contributed by atoms with Gasteiger partial charge in [-0.3, -0.25) is 0 Å². The molecule has 0 saturated carbocycles. The Kier molecular flexibility index (Phi) is 1.44. The summed E-state index contributed by atoms with van der Waals surface area (Å²) in [4.78, 5) is 10.6. The number of carboxylic acid groups (broad SMARTS) is 1. The van der Waals surface area contributed by atoms with E-state index in [0.29, 0.717) is 5.56 Å². The van der Waals surface area contributed by atoms with Crippen LogP contribution in [0.5, 0.6) is 0 Å². The molecule has 2 nitrogen and oxygen atoms in total. The van der Waals surface area contributed by atoms with Crippen LogP contribution >= 0.6 is 22.7 Å². The number of thiophene rings is 2. The standard InChI is InChI=1S/C7H4O2S2/c8-7(9)4-3-11-5-1-2-10-6(4)5/h1-3H,(H,8,9). The molecule has 2 aromatic heterocycles. The largest absolute Gasteiger partial charge is 0.478 e. The van der Waals surface area contributed by atoms with Crippen molar-refractivity contribution >= 4 is 38.0 Å². The summed E-state index contributed by atoms with van der Waals surface area (Å²) in [5.74, 6) is -0.835. The molecule has 0 amide bonds. The zero-order valence-corrected chi connectivity index (χ0v) is 7.04. The van der Waals surface area contributed by atoms with E-state index in [1.807, 2.05) is 11.4 Å². The van der Waals surface area contributed by atoms with Gasteiger partial charge in [-0.1, -0.05) is 0 Å². The van der Waals surface area contributed by atoms with E-state index in [9.17, 15) is 4.79 Å². The van der Waals surface area contributed by atoms with Crippen LogP contribution in [0.4, 0.5) is 0 Å². The molecule has 2 heterocycles. The van der Waals surface area contributed by atoms with E-state index >= 15 is 0 Å². The van der Waals surface area contributed by atoms with Crippen molar-refractivity contribution in [3.05, 3.63) is 22.4 Å². The molecule has 0 unspecified atom stereocenters. The van der Waals surface area contributed by atoms with Gasteiger partial charge in [0.2, 0.25) is 0 Å². The first-order valence-corrected chi connectivity index (χ1v) is 4.73. The molecule has 0 aromatic carbocycles. The Morgan fingerprint density at radius 3 is 3.00 bits per heavy atom. The van der Waals surface area contributed by atoms with Gasteiger partial charge in [-0.2, -0.15) is 0 Å². The van der Waals surface area contributed by atoms with Crippen molar-refractivity contribution in [3.8, 4) is 0 Å². The molecular weight excluding hydrogens is 180 g/mol. The van der Waals surface area contributed by atoms with Gasteiger partial charge in [-0.05, 0) is 11.4 Å². The number of rotatable bonds is 1. The lowest BCUT2D eigenvalue weighted by molar-refractivity contribution is 0.0699. The van der Waals surface area contributed by atoms with Gasteiger partial charge < -0.3 is 5.11 Å². The molecule has 11 heavy (non-hydrogen) atoms. The van der Waals surface area contributed by atoms with Crippen LogP contribution in [0.2, 0.25) is 0 Å². The molecule has 2 rings (SSSR count). The van der Waals surface area contributed by atoms with Gasteiger partial charge in [-0.15, -0.1) is 22.7 Å². The lowest BCUT2D eigenvalue weighted by atomic mass is 10.3. The van der Waals surface area contributed by atoms with Gasteiger partial charge in [0.05, 0.1) is 10.3 Å². The summed E-state index contributed by atoms with van der Waals surface area (Å²) in [7, 11) is 0. The van der Waals surface area contributed by atoms with E-state index in [4.69, 9.17) is 5.11 Å². The smallest absolute Gasteiger partial charge is 0.338 e. The van der Waals surface area contributed by atoms with Gasteiger partial charge in [0.15, 0.2) is 0 Å². The van der Waals surface area contributed by atoms with Gasteiger partial charge >= 0.3 is 5.97 Å². The maximum atomic E-state index is 10.6. The van der Waals surface area contributed by atoms with Crippen LogP contribution in [0, 0.1) is 0 Å². The summed E-state index contributed by atoms with van der Waals surface area (Å²) in [6.45, 7) is 0. The Labute approximate surface area is 70.7 Å². The Morgan fingerprint density at radius 1 is 1.45 bits per heavy atom. The predicted octanol–water partition coefficient (Wildman–Crippen LogP) is 2.66. The minimum atomic E-state index is -0.835. The number of aromatic carboxylic acids is 1. The lowest BCUT2D eigenvalue weighted by Crippen LogP contribution is -1.91. The molecule has 2 aromatic rings. The highest BCUT2D eigenvalue weighted by Crippen LogP contribution is 2.30. The number of carbonyl (C=O) groups is 1. The van der Waals surface area contributed by atoms with Crippen molar-refractivity contribution in [2.24, 2.45) is 0 Å². The van der Waals surface area contributed by atoms with E-state index < -0.39 is 5.97 Å². The molecule has 1 N–H and O–H groups in total. The Bertz CT molecular complexity index is 399. The average molecular weight is 184 g/mol. The second kappa shape index (κ2) is 2.32. The summed E-state index contributed by atoms with van der Waals surface area (Å²) in [6, 6.07) is 1.94. The van der Waals surface area contributed by atoms with Crippen LogP contribution in [0.3, 0.4) is 0 Å². The van der Waals surface area contributed by atoms with Crippen LogP contribution < -0.4 is 0 Å². The monoisotopic (exact) mass is 184 g/mol. The first kappa shape index (κ1) is 6.82. The van der Waals surface area contributed by atoms with Crippen LogP contribution in [-0.2, 0) is 0 Å². The first-order valence-electron chi connectivity index (χ1n) is 2.97. The van der Waals surface area contributed by atoms with Crippen molar-refractivity contribution in [2.45, 2.75) is 0 Å². The molecule has 0 atom stereocenters. The Balaban J connectivity index is 2.78. The second-order valence-corrected chi connectivity index (χ2v) is 3.90. The van der Waals surface area contributed by atoms with Crippen LogP contribution in [0.1, 0.15) is 10.4 Å². The molecule has 0 saturated heterocycles. The second-order valence-electron chi connectivity index (χ2n) is 2.07. The van der Waals surface area contributed by atoms with Crippen LogP contribution in [-0.4, -0.2) is 11.1 Å². The molecule has 0 spiro atoms. The van der Waals surface area contributed by atoms with Gasteiger partial charge in [0, 0.05) is 10.1 Å². The van der Waals surface area contributed by atoms with E-state index in [-0.39, 0.29) is 0 Å². The third kappa shape index (κ3) is 0.948. The van der Waals surface area contributed by atoms with E-state index in [0.717, 1.165) is 9.40 Å². The molecule has 56 valence electrons. The molecule has 0 radical (unpaired) electrons. The van der Waals surface area contributed by atoms with E-state index in [1.54, 1.807) is 5.38 Å². The van der Waals surface area contributed by atoms with E-state index in [2.05, 4.69) is 0 Å². The van der Waals surface area contributed by atoms with Crippen molar-refractivity contribution in [2.75, 3.05) is 0 Å². The maximum absolute atomic E-state index is 10.6. The highest BCUT2D eigenvalue weighted by atomic mass is 32.1. The number of carboxylic acids is 1. The van der Waals surface area contributed by atoms with E-state index in [1.165, 1.54) is 22.7 Å². The van der Waals surface area contributed by atoms with Gasteiger partial charge in [0.1, 0.15) is 0 Å². The normalized spacial score (nSPS) is 10.5. The number of hydrogen-bond donors (Lipinski definition) is 1. The van der Waals surface area contributed by atoms with Crippen LogP contribution in [0.15, 0.2) is 16.8 Å². The van der Waals surface area contributed by atoms with Crippen molar-refractivity contribution in [1.29, 1.82) is 0 Å². The Hall–Kier alpha value is -0.870. The lowest BCUT2D eigenvalue weighted by Gasteiger charge is -1.83. The SMILES string of the molecule is O=C(O)c1csc2ccsc12. The molecule has 0 aliphatic carbocycles. The minimum absolute atomic E-state index is 0.431. The summed E-state index contributed by atoms with van der Waals surface area (Å²) in [5, 5.41) is 12.3. The number of fused-ring (bicyclic) bond motifs is 1. The fourth-order valence-corrected chi connectivity index (χ4v) is 2.98. The van der Waals surface area contributed by atoms with Gasteiger partial charge in [-0.25, -0.2) is 4.79 Å². The average Bonchev–Trinajstić information content (AvgIpc) is 2.41. The predicted molar refractivity (Wildman–Crippen MR) is 46.7 cm³/mol. The summed E-state index contributed by atoms with van der Waals surface area (Å²) in [5.41, 5.74) is 0.431. The molecule has 0 fully saturated rings. The molecule has 4 heteroatoms. The summed E-state index contributed by atoms with van der Waals surface area (Å²) >= 11 is 2.96. The third-order valence-corrected chi connectivity index (χ3v) is 3.43. The first-order chi connectivity index (χ1) is 5.29. The fraction of sp³-hybridized carbons (Fsp3) is 0. The quantitative estimate of drug-likeness (QED) is 0.739. The number of hydrogen-bond acceptors (Lipinski definition) is 3. The van der Waals surface area contributed by atoms with Gasteiger partial charge in [0.25, 0.3) is 0 Å². The van der Waals surface area contributed by atoms with Crippen molar-refractivity contribution in [1.82, 2.24) is 0 Å². The summed E-state index contributed by atoms with van der Waals surface area (Å²) in [6.07, 6.45) is 0. The maximum Gasteiger partial charge on any atom is 0.338 e. The highest BCUT2D eigenvalue weighted by Gasteiger charge is 2.10.